The quantitative estimate of drug-likeness (QED) is 0.739. The van der Waals surface area contributed by atoms with Crippen molar-refractivity contribution in [1.82, 2.24) is 4.90 Å². The van der Waals surface area contributed by atoms with E-state index in [1.165, 1.54) is 11.9 Å². The lowest BCUT2D eigenvalue weighted by molar-refractivity contribution is -0.114. The van der Waals surface area contributed by atoms with Crippen molar-refractivity contribution in [2.75, 3.05) is 12.8 Å². The first kappa shape index (κ1) is 17.9. The predicted octanol–water partition coefficient (Wildman–Crippen LogP) is 1.63. The van der Waals surface area contributed by atoms with Gasteiger partial charge in [-0.25, -0.2) is 13.2 Å². The number of carbonyl (C=O) groups is 2. The Morgan fingerprint density at radius 3 is 2.24 bits per heavy atom. The van der Waals surface area contributed by atoms with Gasteiger partial charge in [0.1, 0.15) is 11.9 Å². The average molecular weight is 319 g/mol. The Balaban J connectivity index is 2.99. The molecule has 0 aromatic heterocycles. The van der Waals surface area contributed by atoms with Crippen LogP contribution in [0, 0.1) is 5.92 Å². The second-order valence-corrected chi connectivity index (χ2v) is 9.73. The van der Waals surface area contributed by atoms with Crippen molar-refractivity contribution in [3.05, 3.63) is 0 Å². The Morgan fingerprint density at radius 2 is 1.90 bits per heavy atom. The number of likely N-dealkylation sites (N-methyl/N-ethyl adjacent to an activating group) is 1. The average Bonchev–Trinajstić information content (AvgIpc) is 2.50. The largest absolute Gasteiger partial charge is 0.444 e. The molecule has 7 heteroatoms. The summed E-state index contributed by atoms with van der Waals surface area (Å²) in [4.78, 5) is 24.7. The standard InChI is InChI=1S/C14H25NO5S/c1-13(2,3)20-12(17)15(6)11(9-16)10-7-8-21(18,19)14(10,4)5/h9-11H,7-8H2,1-6H3. The van der Waals surface area contributed by atoms with Crippen molar-refractivity contribution in [3.63, 3.8) is 0 Å². The van der Waals surface area contributed by atoms with Crippen LogP contribution in [-0.4, -0.2) is 54.9 Å². The lowest BCUT2D eigenvalue weighted by atomic mass is 9.86. The van der Waals surface area contributed by atoms with Crippen molar-refractivity contribution < 1.29 is 22.7 Å². The van der Waals surface area contributed by atoms with Gasteiger partial charge in [0, 0.05) is 13.0 Å². The number of sulfone groups is 1. The lowest BCUT2D eigenvalue weighted by Gasteiger charge is -2.35. The third-order valence-electron chi connectivity index (χ3n) is 4.07. The van der Waals surface area contributed by atoms with Gasteiger partial charge in [0.25, 0.3) is 0 Å². The summed E-state index contributed by atoms with van der Waals surface area (Å²) in [6.45, 7) is 8.43. The molecule has 2 atom stereocenters. The zero-order valence-electron chi connectivity index (χ0n) is 13.5. The van der Waals surface area contributed by atoms with Crippen LogP contribution in [0.3, 0.4) is 0 Å². The zero-order chi connectivity index (χ0) is 16.6. The number of nitrogens with zero attached hydrogens (tertiary/aromatic N) is 1. The molecule has 0 bridgehead atoms. The van der Waals surface area contributed by atoms with E-state index < -0.39 is 38.2 Å². The molecule has 6 nitrogen and oxygen atoms in total. The van der Waals surface area contributed by atoms with Gasteiger partial charge >= 0.3 is 6.09 Å². The number of carbonyl (C=O) groups excluding carboxylic acids is 2. The first-order valence-corrected chi connectivity index (χ1v) is 8.62. The number of aldehydes is 1. The number of hydrogen-bond acceptors (Lipinski definition) is 5. The molecule has 1 aliphatic heterocycles. The molecule has 1 amide bonds. The van der Waals surface area contributed by atoms with Crippen LogP contribution in [0.25, 0.3) is 0 Å². The topological polar surface area (TPSA) is 80.8 Å². The molecule has 1 heterocycles. The molecule has 0 aromatic rings. The van der Waals surface area contributed by atoms with E-state index >= 15 is 0 Å². The van der Waals surface area contributed by atoms with Crippen LogP contribution >= 0.6 is 0 Å². The van der Waals surface area contributed by atoms with E-state index in [0.29, 0.717) is 12.7 Å². The van der Waals surface area contributed by atoms with E-state index in [2.05, 4.69) is 0 Å². The van der Waals surface area contributed by atoms with Crippen LogP contribution in [0.4, 0.5) is 4.79 Å². The molecule has 1 aliphatic rings. The molecule has 0 radical (unpaired) electrons. The first-order chi connectivity index (χ1) is 9.33. The van der Waals surface area contributed by atoms with Crippen molar-refractivity contribution in [2.45, 2.75) is 57.4 Å². The van der Waals surface area contributed by atoms with E-state index in [1.54, 1.807) is 34.6 Å². The van der Waals surface area contributed by atoms with E-state index in [1.807, 2.05) is 0 Å². The van der Waals surface area contributed by atoms with Crippen LogP contribution in [-0.2, 0) is 19.4 Å². The zero-order valence-corrected chi connectivity index (χ0v) is 14.4. The molecule has 1 saturated heterocycles. The molecule has 1 fully saturated rings. The maximum absolute atomic E-state index is 12.1. The van der Waals surface area contributed by atoms with Gasteiger partial charge in [0.15, 0.2) is 9.84 Å². The monoisotopic (exact) mass is 319 g/mol. The Morgan fingerprint density at radius 1 is 1.38 bits per heavy atom. The fourth-order valence-corrected chi connectivity index (χ4v) is 4.43. The van der Waals surface area contributed by atoms with Gasteiger partial charge in [-0.1, -0.05) is 0 Å². The van der Waals surface area contributed by atoms with Crippen molar-refractivity contribution >= 4 is 22.2 Å². The van der Waals surface area contributed by atoms with Crippen molar-refractivity contribution in [3.8, 4) is 0 Å². The highest BCUT2D eigenvalue weighted by Crippen LogP contribution is 2.40. The van der Waals surface area contributed by atoms with Gasteiger partial charge in [-0.3, -0.25) is 0 Å². The van der Waals surface area contributed by atoms with Gasteiger partial charge in [-0.05, 0) is 41.0 Å². The third-order valence-corrected chi connectivity index (χ3v) is 6.75. The summed E-state index contributed by atoms with van der Waals surface area (Å²) in [7, 11) is -1.79. The minimum atomic E-state index is -3.26. The number of hydrogen-bond donors (Lipinski definition) is 0. The maximum Gasteiger partial charge on any atom is 0.410 e. The molecular weight excluding hydrogens is 294 g/mol. The lowest BCUT2D eigenvalue weighted by Crippen LogP contribution is -2.50. The number of rotatable bonds is 3. The molecule has 21 heavy (non-hydrogen) atoms. The first-order valence-electron chi connectivity index (χ1n) is 6.97. The molecule has 0 saturated carbocycles. The van der Waals surface area contributed by atoms with Crippen molar-refractivity contribution in [1.29, 1.82) is 0 Å². The smallest absolute Gasteiger partial charge is 0.410 e. The fourth-order valence-electron chi connectivity index (χ4n) is 2.62. The van der Waals surface area contributed by atoms with Crippen LogP contribution in [0.5, 0.6) is 0 Å². The summed E-state index contributed by atoms with van der Waals surface area (Å²) >= 11 is 0. The van der Waals surface area contributed by atoms with Gasteiger partial charge < -0.3 is 14.4 Å². The molecule has 1 rings (SSSR count). The SMILES string of the molecule is CN(C(=O)OC(C)(C)C)C(C=O)C1CCS(=O)(=O)C1(C)C. The van der Waals surface area contributed by atoms with Gasteiger partial charge in [0.05, 0.1) is 16.5 Å². The molecule has 2 unspecified atom stereocenters. The Kier molecular flexibility index (Phi) is 4.77. The van der Waals surface area contributed by atoms with E-state index in [-0.39, 0.29) is 5.75 Å². The normalized spacial score (nSPS) is 25.1. The van der Waals surface area contributed by atoms with E-state index in [4.69, 9.17) is 4.74 Å². The second-order valence-electron chi connectivity index (χ2n) is 7.04. The highest BCUT2D eigenvalue weighted by molar-refractivity contribution is 7.93. The van der Waals surface area contributed by atoms with Crippen LogP contribution < -0.4 is 0 Å². The van der Waals surface area contributed by atoms with Gasteiger partial charge in [0.2, 0.25) is 0 Å². The Hall–Kier alpha value is -1.11. The summed E-state index contributed by atoms with van der Waals surface area (Å²) in [6, 6.07) is -0.813. The molecule has 122 valence electrons. The molecule has 0 N–H and O–H groups in total. The second kappa shape index (κ2) is 5.59. The summed E-state index contributed by atoms with van der Waals surface area (Å²) in [5.74, 6) is -0.394. The summed E-state index contributed by atoms with van der Waals surface area (Å²) in [5, 5.41) is 0. The maximum atomic E-state index is 12.1. The Bertz CT molecular complexity index is 518. The summed E-state index contributed by atoms with van der Waals surface area (Å²) in [5.41, 5.74) is -0.671. The number of amides is 1. The van der Waals surface area contributed by atoms with Crippen LogP contribution in [0.2, 0.25) is 0 Å². The predicted molar refractivity (Wildman–Crippen MR) is 79.8 cm³/mol. The number of ether oxygens (including phenoxy) is 1. The molecular formula is C14H25NO5S. The third kappa shape index (κ3) is 3.56. The van der Waals surface area contributed by atoms with E-state index in [0.717, 1.165) is 0 Å². The fraction of sp³-hybridized carbons (Fsp3) is 0.857. The molecule has 0 spiro atoms. The highest BCUT2D eigenvalue weighted by Gasteiger charge is 2.52. The minimum absolute atomic E-state index is 0.0389. The van der Waals surface area contributed by atoms with E-state index in [9.17, 15) is 18.0 Å². The molecule has 0 aliphatic carbocycles. The summed E-state index contributed by atoms with van der Waals surface area (Å²) in [6.07, 6.45) is 0.378. The molecule has 0 aromatic carbocycles. The highest BCUT2D eigenvalue weighted by atomic mass is 32.2. The van der Waals surface area contributed by atoms with Crippen LogP contribution in [0.1, 0.15) is 41.0 Å². The van der Waals surface area contributed by atoms with Crippen molar-refractivity contribution in [2.24, 2.45) is 5.92 Å². The summed E-state index contributed by atoms with van der Waals surface area (Å²) < 4.78 is 28.4. The van der Waals surface area contributed by atoms with Crippen LogP contribution in [0.15, 0.2) is 0 Å². The minimum Gasteiger partial charge on any atom is -0.444 e. The Labute approximate surface area is 126 Å². The van der Waals surface area contributed by atoms with Gasteiger partial charge in [-0.15, -0.1) is 0 Å². The van der Waals surface area contributed by atoms with Gasteiger partial charge in [-0.2, -0.15) is 0 Å².